The molecule has 0 saturated heterocycles. The summed E-state index contributed by atoms with van der Waals surface area (Å²) in [7, 11) is 3.25. The fourth-order valence-electron chi connectivity index (χ4n) is 2.58. The highest BCUT2D eigenvalue weighted by molar-refractivity contribution is 5.94. The predicted molar refractivity (Wildman–Crippen MR) is 87.6 cm³/mol. The summed E-state index contributed by atoms with van der Waals surface area (Å²) in [5.41, 5.74) is 4.03. The van der Waals surface area contributed by atoms with Gasteiger partial charge in [0.05, 0.1) is 25.4 Å². The summed E-state index contributed by atoms with van der Waals surface area (Å²) in [6.45, 7) is 3.97. The second kappa shape index (κ2) is 5.64. The Hall–Kier alpha value is -2.62. The molecule has 0 atom stereocenters. The van der Waals surface area contributed by atoms with Gasteiger partial charge in [0.15, 0.2) is 11.5 Å². The zero-order valence-electron chi connectivity index (χ0n) is 13.2. The lowest BCUT2D eigenvalue weighted by molar-refractivity contribution is 0.356. The molecule has 0 amide bonds. The summed E-state index contributed by atoms with van der Waals surface area (Å²) >= 11 is 0. The normalized spacial score (nSPS) is 10.7. The Morgan fingerprint density at radius 1 is 0.864 bits per heavy atom. The first-order valence-electron chi connectivity index (χ1n) is 7.10. The third kappa shape index (κ3) is 2.48. The van der Waals surface area contributed by atoms with Crippen molar-refractivity contribution in [2.75, 3.05) is 14.2 Å². The lowest BCUT2D eigenvalue weighted by atomic mass is 10.0. The maximum absolute atomic E-state index is 5.41. The maximum atomic E-state index is 5.41. The molecule has 0 N–H and O–H groups in total. The van der Waals surface area contributed by atoms with Crippen molar-refractivity contribution in [1.82, 2.24) is 9.97 Å². The average molecular weight is 294 g/mol. The Morgan fingerprint density at radius 2 is 1.59 bits per heavy atom. The van der Waals surface area contributed by atoms with E-state index in [0.717, 1.165) is 28.0 Å². The zero-order valence-corrected chi connectivity index (χ0v) is 13.2. The summed E-state index contributed by atoms with van der Waals surface area (Å²) in [5, 5.41) is 0.953. The quantitative estimate of drug-likeness (QED) is 0.734. The van der Waals surface area contributed by atoms with Crippen LogP contribution in [0.2, 0.25) is 0 Å². The largest absolute Gasteiger partial charge is 0.493 e. The molecular weight excluding hydrogens is 276 g/mol. The van der Waals surface area contributed by atoms with E-state index in [1.807, 2.05) is 25.1 Å². The Labute approximate surface area is 129 Å². The molecule has 1 heterocycles. The van der Waals surface area contributed by atoms with Crippen molar-refractivity contribution in [3.8, 4) is 22.8 Å². The fourth-order valence-corrected chi connectivity index (χ4v) is 2.58. The van der Waals surface area contributed by atoms with E-state index in [1.165, 1.54) is 5.56 Å². The van der Waals surface area contributed by atoms with Crippen molar-refractivity contribution >= 4 is 10.9 Å². The lowest BCUT2D eigenvalue weighted by Gasteiger charge is -2.12. The Bertz CT molecular complexity index is 844. The molecule has 0 saturated carbocycles. The molecule has 0 aliphatic carbocycles. The van der Waals surface area contributed by atoms with Crippen molar-refractivity contribution in [2.24, 2.45) is 0 Å². The molecule has 0 aliphatic rings. The van der Waals surface area contributed by atoms with Gasteiger partial charge in [-0.1, -0.05) is 23.8 Å². The molecule has 0 unspecified atom stereocenters. The highest BCUT2D eigenvalue weighted by Gasteiger charge is 2.13. The van der Waals surface area contributed by atoms with Crippen LogP contribution < -0.4 is 9.47 Å². The van der Waals surface area contributed by atoms with Gasteiger partial charge in [-0.3, -0.25) is 0 Å². The fraction of sp³-hybridized carbons (Fsp3) is 0.222. The van der Waals surface area contributed by atoms with Gasteiger partial charge in [-0.05, 0) is 26.0 Å². The molecule has 0 aliphatic heterocycles. The van der Waals surface area contributed by atoms with E-state index in [4.69, 9.17) is 9.47 Å². The number of aromatic nitrogens is 2. The van der Waals surface area contributed by atoms with Crippen LogP contribution in [-0.2, 0) is 0 Å². The van der Waals surface area contributed by atoms with E-state index >= 15 is 0 Å². The Balaban J connectivity index is 2.34. The van der Waals surface area contributed by atoms with Crippen LogP contribution in [0.3, 0.4) is 0 Å². The monoisotopic (exact) mass is 294 g/mol. The number of fused-ring (bicyclic) bond motifs is 1. The van der Waals surface area contributed by atoms with Gasteiger partial charge in [0.25, 0.3) is 0 Å². The molecule has 0 radical (unpaired) electrons. The number of hydrogen-bond donors (Lipinski definition) is 0. The maximum Gasteiger partial charge on any atom is 0.162 e. The topological polar surface area (TPSA) is 44.2 Å². The van der Waals surface area contributed by atoms with Gasteiger partial charge < -0.3 is 9.47 Å². The minimum absolute atomic E-state index is 0.670. The molecule has 3 rings (SSSR count). The third-order valence-corrected chi connectivity index (χ3v) is 3.60. The van der Waals surface area contributed by atoms with Crippen molar-refractivity contribution in [2.45, 2.75) is 13.8 Å². The average Bonchev–Trinajstić information content (AvgIpc) is 2.52. The van der Waals surface area contributed by atoms with Gasteiger partial charge in [0, 0.05) is 17.0 Å². The molecule has 3 aromatic rings. The number of ether oxygens (including phenoxy) is 2. The third-order valence-electron chi connectivity index (χ3n) is 3.60. The molecule has 1 aromatic heterocycles. The number of aryl methyl sites for hydroxylation is 2. The Kier molecular flexibility index (Phi) is 3.67. The Morgan fingerprint density at radius 3 is 2.27 bits per heavy atom. The molecule has 0 spiro atoms. The van der Waals surface area contributed by atoms with Crippen molar-refractivity contribution in [3.63, 3.8) is 0 Å². The van der Waals surface area contributed by atoms with E-state index in [2.05, 4.69) is 35.1 Å². The van der Waals surface area contributed by atoms with E-state index in [0.29, 0.717) is 11.5 Å². The van der Waals surface area contributed by atoms with Gasteiger partial charge >= 0.3 is 0 Å². The first kappa shape index (κ1) is 14.3. The van der Waals surface area contributed by atoms with E-state index < -0.39 is 0 Å². The number of hydrogen-bond acceptors (Lipinski definition) is 4. The molecule has 22 heavy (non-hydrogen) atoms. The minimum atomic E-state index is 0.670. The summed E-state index contributed by atoms with van der Waals surface area (Å²) in [5.74, 6) is 2.08. The van der Waals surface area contributed by atoms with Crippen LogP contribution in [0.25, 0.3) is 22.2 Å². The molecule has 0 bridgehead atoms. The van der Waals surface area contributed by atoms with Crippen LogP contribution in [0.1, 0.15) is 11.4 Å². The SMILES string of the molecule is COc1cc2nc(C)nc(-c3cccc(C)c3)c2cc1OC. The summed E-state index contributed by atoms with van der Waals surface area (Å²) in [6.07, 6.45) is 0. The first-order valence-corrected chi connectivity index (χ1v) is 7.10. The zero-order chi connectivity index (χ0) is 15.7. The van der Waals surface area contributed by atoms with Gasteiger partial charge in [0.2, 0.25) is 0 Å². The number of nitrogens with zero attached hydrogens (tertiary/aromatic N) is 2. The van der Waals surface area contributed by atoms with Crippen LogP contribution in [0.5, 0.6) is 11.5 Å². The highest BCUT2D eigenvalue weighted by atomic mass is 16.5. The van der Waals surface area contributed by atoms with Crippen LogP contribution in [0, 0.1) is 13.8 Å². The molecule has 2 aromatic carbocycles. The first-order chi connectivity index (χ1) is 10.6. The van der Waals surface area contributed by atoms with Crippen molar-refractivity contribution in [3.05, 3.63) is 47.8 Å². The molecule has 112 valence electrons. The van der Waals surface area contributed by atoms with Gasteiger partial charge in [-0.25, -0.2) is 9.97 Å². The van der Waals surface area contributed by atoms with Crippen LogP contribution in [0.15, 0.2) is 36.4 Å². The summed E-state index contributed by atoms with van der Waals surface area (Å²) < 4.78 is 10.8. The molecule has 4 nitrogen and oxygen atoms in total. The molecule has 4 heteroatoms. The van der Waals surface area contributed by atoms with Gasteiger partial charge in [-0.2, -0.15) is 0 Å². The number of benzene rings is 2. The van der Waals surface area contributed by atoms with Crippen molar-refractivity contribution < 1.29 is 9.47 Å². The second-order valence-electron chi connectivity index (χ2n) is 5.21. The van der Waals surface area contributed by atoms with Crippen molar-refractivity contribution in [1.29, 1.82) is 0 Å². The smallest absolute Gasteiger partial charge is 0.162 e. The number of rotatable bonds is 3. The van der Waals surface area contributed by atoms with E-state index in [-0.39, 0.29) is 0 Å². The molecule has 0 fully saturated rings. The predicted octanol–water partition coefficient (Wildman–Crippen LogP) is 3.93. The van der Waals surface area contributed by atoms with Gasteiger partial charge in [-0.15, -0.1) is 0 Å². The highest BCUT2D eigenvalue weighted by Crippen LogP contribution is 2.35. The lowest BCUT2D eigenvalue weighted by Crippen LogP contribution is -1.97. The summed E-state index contributed by atoms with van der Waals surface area (Å²) in [4.78, 5) is 9.16. The van der Waals surface area contributed by atoms with E-state index in [9.17, 15) is 0 Å². The van der Waals surface area contributed by atoms with Crippen LogP contribution in [0.4, 0.5) is 0 Å². The minimum Gasteiger partial charge on any atom is -0.493 e. The molecular formula is C18H18N2O2. The van der Waals surface area contributed by atoms with Gasteiger partial charge in [0.1, 0.15) is 5.82 Å². The van der Waals surface area contributed by atoms with E-state index in [1.54, 1.807) is 14.2 Å². The standard InChI is InChI=1S/C18H18N2O2/c1-11-6-5-7-13(8-11)18-14-9-16(21-3)17(22-4)10-15(14)19-12(2)20-18/h5-10H,1-4H3. The second-order valence-corrected chi connectivity index (χ2v) is 5.21. The summed E-state index contributed by atoms with van der Waals surface area (Å²) in [6, 6.07) is 12.1. The van der Waals surface area contributed by atoms with Crippen LogP contribution >= 0.6 is 0 Å². The number of methoxy groups -OCH3 is 2. The van der Waals surface area contributed by atoms with Crippen LogP contribution in [-0.4, -0.2) is 24.2 Å².